The first-order valence-corrected chi connectivity index (χ1v) is 8.31. The molecule has 0 unspecified atom stereocenters. The van der Waals surface area contributed by atoms with Crippen LogP contribution < -0.4 is 10.1 Å². The molecule has 2 aromatic rings. The van der Waals surface area contributed by atoms with Gasteiger partial charge in [-0.05, 0) is 38.4 Å². The minimum absolute atomic E-state index is 0.663. The monoisotopic (exact) mass is 299 g/mol. The fourth-order valence-electron chi connectivity index (χ4n) is 3.01. The van der Waals surface area contributed by atoms with Gasteiger partial charge in [0.05, 0.1) is 12.1 Å². The van der Waals surface area contributed by atoms with Gasteiger partial charge in [-0.3, -0.25) is 0 Å². The zero-order valence-corrected chi connectivity index (χ0v) is 13.3. The Hall–Kier alpha value is -1.65. The summed E-state index contributed by atoms with van der Waals surface area (Å²) >= 11 is 0. The number of aromatic nitrogens is 1. The number of benzene rings is 1. The molecule has 1 aliphatic heterocycles. The number of para-hydroxylation sites is 1. The van der Waals surface area contributed by atoms with E-state index in [9.17, 15) is 0 Å². The molecule has 0 saturated carbocycles. The van der Waals surface area contributed by atoms with Gasteiger partial charge in [0.15, 0.2) is 0 Å². The van der Waals surface area contributed by atoms with Crippen molar-refractivity contribution in [2.45, 2.75) is 19.8 Å². The summed E-state index contributed by atoms with van der Waals surface area (Å²) in [5.41, 5.74) is 2.24. The average molecular weight is 299 g/mol. The number of piperazine rings is 1. The molecular weight excluding hydrogens is 274 g/mol. The minimum atomic E-state index is 0.663. The highest BCUT2D eigenvalue weighted by Gasteiger charge is 2.11. The summed E-state index contributed by atoms with van der Waals surface area (Å²) < 4.78 is 5.75. The molecule has 4 nitrogen and oxygen atoms in total. The molecule has 0 atom stereocenters. The number of ether oxygens (including phenoxy) is 1. The lowest BCUT2D eigenvalue weighted by molar-refractivity contribution is 0.238. The van der Waals surface area contributed by atoms with E-state index < -0.39 is 0 Å². The van der Waals surface area contributed by atoms with Crippen molar-refractivity contribution in [3.05, 3.63) is 35.9 Å². The smallest absolute Gasteiger partial charge is 0.217 e. The van der Waals surface area contributed by atoms with Crippen LogP contribution in [0.3, 0.4) is 0 Å². The Morgan fingerprint density at radius 2 is 2.05 bits per heavy atom. The summed E-state index contributed by atoms with van der Waals surface area (Å²) in [5.74, 6) is 0.807. The van der Waals surface area contributed by atoms with E-state index in [2.05, 4.69) is 33.4 Å². The van der Waals surface area contributed by atoms with Crippen molar-refractivity contribution in [2.24, 2.45) is 0 Å². The Kier molecular flexibility index (Phi) is 5.24. The van der Waals surface area contributed by atoms with Gasteiger partial charge in [-0.2, -0.15) is 0 Å². The topological polar surface area (TPSA) is 37.4 Å². The van der Waals surface area contributed by atoms with E-state index in [1.54, 1.807) is 0 Å². The highest BCUT2D eigenvalue weighted by molar-refractivity contribution is 5.80. The molecule has 0 aliphatic carbocycles. The maximum absolute atomic E-state index is 5.75. The zero-order chi connectivity index (χ0) is 15.2. The van der Waals surface area contributed by atoms with Gasteiger partial charge in [0, 0.05) is 37.1 Å². The molecule has 1 saturated heterocycles. The molecule has 1 aromatic carbocycles. The van der Waals surface area contributed by atoms with Gasteiger partial charge < -0.3 is 15.0 Å². The fraction of sp³-hybridized carbons (Fsp3) is 0.500. The maximum Gasteiger partial charge on any atom is 0.217 e. The van der Waals surface area contributed by atoms with Crippen molar-refractivity contribution in [1.82, 2.24) is 15.2 Å². The number of hydrogen-bond donors (Lipinski definition) is 1. The van der Waals surface area contributed by atoms with Gasteiger partial charge in [-0.1, -0.05) is 18.2 Å². The Balaban J connectivity index is 1.69. The zero-order valence-electron chi connectivity index (χ0n) is 13.3. The molecule has 1 aliphatic rings. The summed E-state index contributed by atoms with van der Waals surface area (Å²) in [4.78, 5) is 7.22. The Labute approximate surface area is 132 Å². The molecule has 1 fully saturated rings. The molecule has 0 bridgehead atoms. The molecule has 22 heavy (non-hydrogen) atoms. The van der Waals surface area contributed by atoms with E-state index in [-0.39, 0.29) is 0 Å². The second-order valence-corrected chi connectivity index (χ2v) is 5.77. The predicted octanol–water partition coefficient (Wildman–Crippen LogP) is 2.47. The van der Waals surface area contributed by atoms with Crippen molar-refractivity contribution in [1.29, 1.82) is 0 Å². The van der Waals surface area contributed by atoms with Crippen LogP contribution >= 0.6 is 0 Å². The highest BCUT2D eigenvalue weighted by atomic mass is 16.5. The Morgan fingerprint density at radius 1 is 1.23 bits per heavy atom. The quantitative estimate of drug-likeness (QED) is 0.889. The molecule has 1 N–H and O–H groups in total. The maximum atomic E-state index is 5.75. The predicted molar refractivity (Wildman–Crippen MR) is 90.5 cm³/mol. The third-order valence-electron chi connectivity index (χ3n) is 4.17. The van der Waals surface area contributed by atoms with Crippen LogP contribution in [0.4, 0.5) is 0 Å². The molecule has 0 amide bonds. The van der Waals surface area contributed by atoms with E-state index in [4.69, 9.17) is 4.74 Å². The van der Waals surface area contributed by atoms with Gasteiger partial charge in [-0.15, -0.1) is 0 Å². The number of nitrogens with zero attached hydrogens (tertiary/aromatic N) is 2. The van der Waals surface area contributed by atoms with Crippen LogP contribution in [-0.4, -0.2) is 49.2 Å². The summed E-state index contributed by atoms with van der Waals surface area (Å²) in [6, 6.07) is 10.5. The van der Waals surface area contributed by atoms with Gasteiger partial charge >= 0.3 is 0 Å². The van der Waals surface area contributed by atoms with Gasteiger partial charge in [0.25, 0.3) is 0 Å². The number of aryl methyl sites for hydroxylation is 1. The molecule has 4 heteroatoms. The van der Waals surface area contributed by atoms with Crippen LogP contribution in [0.25, 0.3) is 10.9 Å². The van der Waals surface area contributed by atoms with Crippen LogP contribution in [0, 0.1) is 0 Å². The fourth-order valence-corrected chi connectivity index (χ4v) is 3.01. The van der Waals surface area contributed by atoms with Gasteiger partial charge in [0.1, 0.15) is 0 Å². The van der Waals surface area contributed by atoms with E-state index in [1.807, 2.05) is 19.1 Å². The second-order valence-electron chi connectivity index (χ2n) is 5.77. The second kappa shape index (κ2) is 7.56. The van der Waals surface area contributed by atoms with Crippen molar-refractivity contribution < 1.29 is 4.74 Å². The third kappa shape index (κ3) is 3.76. The number of fused-ring (bicyclic) bond motifs is 1. The highest BCUT2D eigenvalue weighted by Crippen LogP contribution is 2.23. The van der Waals surface area contributed by atoms with Crippen LogP contribution in [0.5, 0.6) is 5.88 Å². The van der Waals surface area contributed by atoms with Crippen LogP contribution in [0.1, 0.15) is 18.9 Å². The Morgan fingerprint density at radius 3 is 2.86 bits per heavy atom. The molecule has 2 heterocycles. The van der Waals surface area contributed by atoms with Crippen LogP contribution in [-0.2, 0) is 6.42 Å². The van der Waals surface area contributed by atoms with Crippen LogP contribution in [0.15, 0.2) is 30.3 Å². The van der Waals surface area contributed by atoms with Crippen molar-refractivity contribution in [3.63, 3.8) is 0 Å². The third-order valence-corrected chi connectivity index (χ3v) is 4.17. The lowest BCUT2D eigenvalue weighted by Crippen LogP contribution is -2.43. The van der Waals surface area contributed by atoms with Crippen LogP contribution in [0.2, 0.25) is 0 Å². The summed E-state index contributed by atoms with van der Waals surface area (Å²) in [7, 11) is 0. The summed E-state index contributed by atoms with van der Waals surface area (Å²) in [6.45, 7) is 8.38. The summed E-state index contributed by atoms with van der Waals surface area (Å²) in [5, 5.41) is 4.59. The normalized spacial score (nSPS) is 16.0. The van der Waals surface area contributed by atoms with E-state index in [0.717, 1.165) is 57.0 Å². The average Bonchev–Trinajstić information content (AvgIpc) is 2.56. The van der Waals surface area contributed by atoms with Gasteiger partial charge in [0.2, 0.25) is 5.88 Å². The molecule has 0 spiro atoms. The number of pyridine rings is 1. The minimum Gasteiger partial charge on any atom is -0.478 e. The largest absolute Gasteiger partial charge is 0.478 e. The van der Waals surface area contributed by atoms with Gasteiger partial charge in [-0.25, -0.2) is 4.98 Å². The number of hydrogen-bond acceptors (Lipinski definition) is 4. The standard InChI is InChI=1S/C18H25N3O/c1-2-22-18-16(7-5-11-21-12-9-19-10-13-21)14-15-6-3-4-8-17(15)20-18/h3-4,6,8,14,19H,2,5,7,9-13H2,1H3. The number of nitrogens with one attached hydrogen (secondary N) is 1. The SMILES string of the molecule is CCOc1nc2ccccc2cc1CCCN1CCNCC1. The lowest BCUT2D eigenvalue weighted by Gasteiger charge is -2.27. The summed E-state index contributed by atoms with van der Waals surface area (Å²) in [6.07, 6.45) is 2.18. The Bertz CT molecular complexity index is 608. The van der Waals surface area contributed by atoms with E-state index in [0.29, 0.717) is 6.61 Å². The molecule has 3 rings (SSSR count). The molecule has 1 aromatic heterocycles. The first-order chi connectivity index (χ1) is 10.9. The molecular formula is C18H25N3O. The molecule has 0 radical (unpaired) electrons. The van der Waals surface area contributed by atoms with E-state index >= 15 is 0 Å². The lowest BCUT2D eigenvalue weighted by atomic mass is 10.1. The first kappa shape index (κ1) is 15.3. The number of rotatable bonds is 6. The van der Waals surface area contributed by atoms with Crippen molar-refractivity contribution in [3.8, 4) is 5.88 Å². The van der Waals surface area contributed by atoms with E-state index in [1.165, 1.54) is 10.9 Å². The first-order valence-electron chi connectivity index (χ1n) is 8.31. The van der Waals surface area contributed by atoms with Crippen molar-refractivity contribution in [2.75, 3.05) is 39.3 Å². The molecule has 118 valence electrons. The van der Waals surface area contributed by atoms with Crippen molar-refractivity contribution >= 4 is 10.9 Å².